The van der Waals surface area contributed by atoms with Crippen LogP contribution in [0.4, 0.5) is 0 Å². The maximum absolute atomic E-state index is 11.9. The predicted molar refractivity (Wildman–Crippen MR) is 80.7 cm³/mol. The molecule has 0 unspecified atom stereocenters. The lowest BCUT2D eigenvalue weighted by Crippen LogP contribution is -2.32. The van der Waals surface area contributed by atoms with Gasteiger partial charge in [0.2, 0.25) is 10.0 Å². The first-order valence-corrected chi connectivity index (χ1v) is 10.0. The number of benzene rings is 1. The van der Waals surface area contributed by atoms with Crippen LogP contribution in [0.2, 0.25) is 5.02 Å². The molecule has 1 rings (SSSR count). The van der Waals surface area contributed by atoms with Crippen molar-refractivity contribution in [2.75, 3.05) is 12.0 Å². The van der Waals surface area contributed by atoms with Crippen LogP contribution in [0.3, 0.4) is 0 Å². The molecule has 1 amide bonds. The Bertz CT molecular complexity index is 741. The van der Waals surface area contributed by atoms with E-state index in [1.54, 1.807) is 0 Å². The van der Waals surface area contributed by atoms with Crippen LogP contribution in [-0.4, -0.2) is 34.8 Å². The molecule has 0 fully saturated rings. The van der Waals surface area contributed by atoms with E-state index in [-0.39, 0.29) is 21.2 Å². The zero-order valence-corrected chi connectivity index (χ0v) is 14.0. The first kappa shape index (κ1) is 17.9. The van der Waals surface area contributed by atoms with Crippen molar-refractivity contribution in [2.45, 2.75) is 24.7 Å². The van der Waals surface area contributed by atoms with E-state index in [4.69, 9.17) is 11.6 Å². The molecule has 1 aromatic carbocycles. The Labute approximate surface area is 129 Å². The molecule has 0 aliphatic carbocycles. The molecule has 0 bridgehead atoms. The molecule has 0 radical (unpaired) electrons. The van der Waals surface area contributed by atoms with E-state index in [9.17, 15) is 21.6 Å². The number of carbonyl (C=O) groups excluding carboxylic acids is 1. The average Bonchev–Trinajstić information content (AvgIpc) is 2.35. The quantitative estimate of drug-likeness (QED) is 0.837. The van der Waals surface area contributed by atoms with Crippen LogP contribution in [0, 0.1) is 0 Å². The highest BCUT2D eigenvalue weighted by Crippen LogP contribution is 2.22. The van der Waals surface area contributed by atoms with Crippen LogP contribution in [-0.2, 0) is 19.9 Å². The van der Waals surface area contributed by atoms with Crippen molar-refractivity contribution in [3.05, 3.63) is 28.8 Å². The first-order chi connectivity index (χ1) is 9.57. The van der Waals surface area contributed by atoms with Crippen LogP contribution in [0.25, 0.3) is 0 Å². The lowest BCUT2D eigenvalue weighted by Gasteiger charge is -2.08. The molecule has 0 aromatic heterocycles. The van der Waals surface area contributed by atoms with Crippen molar-refractivity contribution in [1.29, 1.82) is 0 Å². The van der Waals surface area contributed by atoms with Crippen LogP contribution < -0.4 is 4.72 Å². The Balaban J connectivity index is 3.05. The molecule has 0 spiro atoms. The molecule has 1 aromatic rings. The highest BCUT2D eigenvalue weighted by molar-refractivity contribution is 7.91. The van der Waals surface area contributed by atoms with E-state index in [1.807, 2.05) is 11.6 Å². The smallest absolute Gasteiger partial charge is 0.264 e. The van der Waals surface area contributed by atoms with Gasteiger partial charge in [-0.05, 0) is 24.6 Å². The third-order valence-electron chi connectivity index (χ3n) is 2.61. The summed E-state index contributed by atoms with van der Waals surface area (Å²) < 4.78 is 48.2. The average molecular weight is 354 g/mol. The number of amides is 1. The molecular formula is C12H16ClNO5S2. The third-order valence-corrected chi connectivity index (χ3v) is 5.51. The Kier molecular flexibility index (Phi) is 5.77. The standard InChI is InChI=1S/C12H16ClNO5S2/c1-3-4-7-21(18,19)14-12(15)9-5-6-10(13)11(8-9)20(2,16)17/h5-6,8H,3-4,7H2,1-2H3,(H,14,15). The molecule has 0 saturated heterocycles. The Morgan fingerprint density at radius 3 is 2.38 bits per heavy atom. The van der Waals surface area contributed by atoms with Crippen LogP contribution in [0.5, 0.6) is 0 Å². The molecular weight excluding hydrogens is 338 g/mol. The summed E-state index contributed by atoms with van der Waals surface area (Å²) in [6.07, 6.45) is 2.06. The van der Waals surface area contributed by atoms with Gasteiger partial charge in [0.25, 0.3) is 5.91 Å². The molecule has 6 nitrogen and oxygen atoms in total. The van der Waals surface area contributed by atoms with Gasteiger partial charge in [-0.15, -0.1) is 0 Å². The number of unbranched alkanes of at least 4 members (excludes halogenated alkanes) is 1. The zero-order chi connectivity index (χ0) is 16.3. The van der Waals surface area contributed by atoms with Gasteiger partial charge >= 0.3 is 0 Å². The van der Waals surface area contributed by atoms with Gasteiger partial charge < -0.3 is 0 Å². The summed E-state index contributed by atoms with van der Waals surface area (Å²) in [6.45, 7) is 1.83. The van der Waals surface area contributed by atoms with Gasteiger partial charge in [-0.25, -0.2) is 21.6 Å². The predicted octanol–water partition coefficient (Wildman–Crippen LogP) is 1.60. The fourth-order valence-corrected chi connectivity index (χ4v) is 3.99. The summed E-state index contributed by atoms with van der Waals surface area (Å²) in [5.41, 5.74) is -0.0834. The highest BCUT2D eigenvalue weighted by atomic mass is 35.5. The molecule has 1 N–H and O–H groups in total. The largest absolute Gasteiger partial charge is 0.268 e. The van der Waals surface area contributed by atoms with Gasteiger partial charge in [0.05, 0.1) is 15.7 Å². The summed E-state index contributed by atoms with van der Waals surface area (Å²) in [7, 11) is -7.34. The summed E-state index contributed by atoms with van der Waals surface area (Å²) in [5, 5.41) is -0.0251. The molecule has 21 heavy (non-hydrogen) atoms. The van der Waals surface area contributed by atoms with E-state index in [0.29, 0.717) is 12.8 Å². The number of nitrogens with one attached hydrogen (secondary N) is 1. The van der Waals surface area contributed by atoms with Crippen molar-refractivity contribution >= 4 is 37.4 Å². The van der Waals surface area contributed by atoms with Gasteiger partial charge in [-0.1, -0.05) is 24.9 Å². The molecule has 0 saturated carbocycles. The second-order valence-corrected chi connectivity index (χ2v) is 8.75. The molecule has 0 atom stereocenters. The van der Waals surface area contributed by atoms with Crippen molar-refractivity contribution in [3.63, 3.8) is 0 Å². The lowest BCUT2D eigenvalue weighted by molar-refractivity contribution is 0.0981. The van der Waals surface area contributed by atoms with Crippen LogP contribution in [0.1, 0.15) is 30.1 Å². The van der Waals surface area contributed by atoms with Gasteiger partial charge in [0.15, 0.2) is 9.84 Å². The minimum absolute atomic E-state index is 0.0251. The first-order valence-electron chi connectivity index (χ1n) is 6.11. The SMILES string of the molecule is CCCCS(=O)(=O)NC(=O)c1ccc(Cl)c(S(C)(=O)=O)c1. The minimum Gasteiger partial charge on any atom is -0.268 e. The molecule has 0 aliphatic rings. The van der Waals surface area contributed by atoms with Gasteiger partial charge in [0.1, 0.15) is 0 Å². The highest BCUT2D eigenvalue weighted by Gasteiger charge is 2.19. The van der Waals surface area contributed by atoms with E-state index in [0.717, 1.165) is 12.3 Å². The minimum atomic E-state index is -3.73. The van der Waals surface area contributed by atoms with Gasteiger partial charge in [0, 0.05) is 11.8 Å². The molecule has 0 heterocycles. The van der Waals surface area contributed by atoms with Crippen molar-refractivity contribution in [1.82, 2.24) is 4.72 Å². The number of hydrogen-bond acceptors (Lipinski definition) is 5. The summed E-state index contributed by atoms with van der Waals surface area (Å²) in [4.78, 5) is 11.7. The summed E-state index contributed by atoms with van der Waals surface area (Å²) in [5.74, 6) is -1.05. The topological polar surface area (TPSA) is 97.4 Å². The molecule has 0 aliphatic heterocycles. The maximum atomic E-state index is 11.9. The van der Waals surface area contributed by atoms with E-state index in [1.165, 1.54) is 12.1 Å². The Hall–Kier alpha value is -1.12. The van der Waals surface area contributed by atoms with Crippen molar-refractivity contribution < 1.29 is 21.6 Å². The van der Waals surface area contributed by atoms with E-state index < -0.39 is 25.8 Å². The zero-order valence-electron chi connectivity index (χ0n) is 11.6. The molecule has 9 heteroatoms. The van der Waals surface area contributed by atoms with E-state index in [2.05, 4.69) is 0 Å². The summed E-state index contributed by atoms with van der Waals surface area (Å²) >= 11 is 5.76. The Morgan fingerprint density at radius 2 is 1.86 bits per heavy atom. The lowest BCUT2D eigenvalue weighted by atomic mass is 10.2. The van der Waals surface area contributed by atoms with Crippen LogP contribution >= 0.6 is 11.6 Å². The number of sulfonamides is 1. The fraction of sp³-hybridized carbons (Fsp3) is 0.417. The number of sulfone groups is 1. The number of hydrogen-bond donors (Lipinski definition) is 1. The summed E-state index contributed by atoms with van der Waals surface area (Å²) in [6, 6.07) is 3.57. The monoisotopic (exact) mass is 353 g/mol. The normalized spacial score (nSPS) is 12.1. The Morgan fingerprint density at radius 1 is 1.24 bits per heavy atom. The van der Waals surface area contributed by atoms with E-state index >= 15 is 0 Å². The van der Waals surface area contributed by atoms with Gasteiger partial charge in [-0.3, -0.25) is 4.79 Å². The second kappa shape index (κ2) is 6.76. The molecule has 118 valence electrons. The van der Waals surface area contributed by atoms with Crippen LogP contribution in [0.15, 0.2) is 23.1 Å². The number of halogens is 1. The number of carbonyl (C=O) groups is 1. The van der Waals surface area contributed by atoms with Crippen molar-refractivity contribution in [3.8, 4) is 0 Å². The van der Waals surface area contributed by atoms with Gasteiger partial charge in [-0.2, -0.15) is 0 Å². The third kappa shape index (κ3) is 5.29. The number of rotatable bonds is 6. The van der Waals surface area contributed by atoms with Crippen molar-refractivity contribution in [2.24, 2.45) is 0 Å². The maximum Gasteiger partial charge on any atom is 0.264 e. The fourth-order valence-electron chi connectivity index (χ4n) is 1.51. The second-order valence-electron chi connectivity index (χ2n) is 4.52.